The number of carbonyl (C=O) groups is 2. The summed E-state index contributed by atoms with van der Waals surface area (Å²) in [5.74, 6) is -1.46. The van der Waals surface area contributed by atoms with Gasteiger partial charge in [-0.05, 0) is 12.8 Å². The zero-order valence-corrected chi connectivity index (χ0v) is 8.10. The van der Waals surface area contributed by atoms with Gasteiger partial charge in [0.25, 0.3) is 0 Å². The SMILES string of the molecule is O=C1CCCCC(=O)CS(=O)(=O)C1. The molecule has 0 aliphatic carbocycles. The summed E-state index contributed by atoms with van der Waals surface area (Å²) in [7, 11) is -3.46. The molecule has 74 valence electrons. The van der Waals surface area contributed by atoms with Gasteiger partial charge in [0, 0.05) is 12.8 Å². The molecule has 1 fully saturated rings. The van der Waals surface area contributed by atoms with Crippen molar-refractivity contribution in [3.05, 3.63) is 0 Å². The Morgan fingerprint density at radius 2 is 1.23 bits per heavy atom. The van der Waals surface area contributed by atoms with E-state index in [0.717, 1.165) is 0 Å². The van der Waals surface area contributed by atoms with Crippen molar-refractivity contribution in [1.82, 2.24) is 0 Å². The van der Waals surface area contributed by atoms with E-state index in [1.54, 1.807) is 0 Å². The van der Waals surface area contributed by atoms with E-state index in [-0.39, 0.29) is 24.4 Å². The lowest BCUT2D eigenvalue weighted by atomic mass is 10.1. The summed E-state index contributed by atoms with van der Waals surface area (Å²) in [5, 5.41) is 0. The summed E-state index contributed by atoms with van der Waals surface area (Å²) in [4.78, 5) is 22.0. The van der Waals surface area contributed by atoms with E-state index in [4.69, 9.17) is 0 Å². The highest BCUT2D eigenvalue weighted by molar-refractivity contribution is 7.92. The molecule has 0 unspecified atom stereocenters. The van der Waals surface area contributed by atoms with E-state index in [1.807, 2.05) is 0 Å². The maximum Gasteiger partial charge on any atom is 0.164 e. The predicted octanol–water partition coefficient (Wildman–Crippen LogP) is 0.113. The second-order valence-corrected chi connectivity index (χ2v) is 5.38. The van der Waals surface area contributed by atoms with Gasteiger partial charge in [-0.3, -0.25) is 9.59 Å². The molecule has 1 heterocycles. The van der Waals surface area contributed by atoms with Crippen LogP contribution in [0.25, 0.3) is 0 Å². The minimum Gasteiger partial charge on any atom is -0.299 e. The van der Waals surface area contributed by atoms with Crippen molar-refractivity contribution in [1.29, 1.82) is 0 Å². The lowest BCUT2D eigenvalue weighted by molar-refractivity contribution is -0.118. The number of ketones is 2. The number of hydrogen-bond acceptors (Lipinski definition) is 4. The highest BCUT2D eigenvalue weighted by Crippen LogP contribution is 2.08. The smallest absolute Gasteiger partial charge is 0.164 e. The minimum atomic E-state index is -3.46. The number of sulfone groups is 1. The molecule has 0 aromatic rings. The summed E-state index contributed by atoms with van der Waals surface area (Å²) in [6.07, 6.45) is 1.82. The summed E-state index contributed by atoms with van der Waals surface area (Å²) in [6.45, 7) is 0. The van der Waals surface area contributed by atoms with Crippen LogP contribution in [-0.2, 0) is 19.4 Å². The Labute approximate surface area is 77.2 Å². The standard InChI is InChI=1S/C8H12O4S/c9-7-3-1-2-4-8(10)6-13(11,12)5-7/h1-6H2. The van der Waals surface area contributed by atoms with Gasteiger partial charge >= 0.3 is 0 Å². The first-order valence-corrected chi connectivity index (χ1v) is 6.05. The van der Waals surface area contributed by atoms with Crippen molar-refractivity contribution in [3.63, 3.8) is 0 Å². The molecule has 0 N–H and O–H groups in total. The Morgan fingerprint density at radius 1 is 0.846 bits per heavy atom. The number of hydrogen-bond donors (Lipinski definition) is 0. The molecule has 1 rings (SSSR count). The van der Waals surface area contributed by atoms with E-state index >= 15 is 0 Å². The zero-order chi connectivity index (χ0) is 9.90. The van der Waals surface area contributed by atoms with E-state index in [9.17, 15) is 18.0 Å². The minimum absolute atomic E-state index is 0.269. The Kier molecular flexibility index (Phi) is 3.19. The van der Waals surface area contributed by atoms with E-state index in [2.05, 4.69) is 0 Å². The average Bonchev–Trinajstić information content (AvgIpc) is 1.99. The van der Waals surface area contributed by atoms with Gasteiger partial charge in [0.2, 0.25) is 0 Å². The molecule has 0 aromatic heterocycles. The fourth-order valence-electron chi connectivity index (χ4n) is 1.33. The molecule has 0 saturated carbocycles. The second-order valence-electron chi connectivity index (χ2n) is 3.32. The fraction of sp³-hybridized carbons (Fsp3) is 0.750. The molecule has 0 radical (unpaired) electrons. The van der Waals surface area contributed by atoms with Gasteiger partial charge in [0.05, 0.1) is 0 Å². The third kappa shape index (κ3) is 3.67. The van der Waals surface area contributed by atoms with Crippen molar-refractivity contribution in [2.45, 2.75) is 25.7 Å². The monoisotopic (exact) mass is 204 g/mol. The second kappa shape index (κ2) is 4.00. The molecule has 1 aliphatic heterocycles. The summed E-state index contributed by atoms with van der Waals surface area (Å²) < 4.78 is 22.3. The van der Waals surface area contributed by atoms with Gasteiger partial charge < -0.3 is 0 Å². The summed E-state index contributed by atoms with van der Waals surface area (Å²) in [6, 6.07) is 0. The molecule has 0 spiro atoms. The first-order chi connectivity index (χ1) is 5.99. The van der Waals surface area contributed by atoms with Crippen LogP contribution in [0, 0.1) is 0 Å². The first-order valence-electron chi connectivity index (χ1n) is 4.23. The van der Waals surface area contributed by atoms with Crippen LogP contribution in [0.3, 0.4) is 0 Å². The lowest BCUT2D eigenvalue weighted by Gasteiger charge is -1.98. The summed E-state index contributed by atoms with van der Waals surface area (Å²) >= 11 is 0. The normalized spacial score (nSPS) is 24.6. The number of Topliss-reactive ketones (excluding diaryl/α,β-unsaturated/α-hetero) is 2. The van der Waals surface area contributed by atoms with Crippen LogP contribution < -0.4 is 0 Å². The van der Waals surface area contributed by atoms with Crippen LogP contribution in [0.15, 0.2) is 0 Å². The van der Waals surface area contributed by atoms with Gasteiger partial charge in [-0.1, -0.05) is 0 Å². The van der Waals surface area contributed by atoms with Crippen LogP contribution in [0.1, 0.15) is 25.7 Å². The number of carbonyl (C=O) groups excluding carboxylic acids is 2. The van der Waals surface area contributed by atoms with Crippen LogP contribution in [0.2, 0.25) is 0 Å². The van der Waals surface area contributed by atoms with Gasteiger partial charge in [-0.15, -0.1) is 0 Å². The highest BCUT2D eigenvalue weighted by atomic mass is 32.2. The molecule has 0 atom stereocenters. The molecule has 5 heteroatoms. The average molecular weight is 204 g/mol. The van der Waals surface area contributed by atoms with Gasteiger partial charge in [-0.2, -0.15) is 0 Å². The van der Waals surface area contributed by atoms with Crippen LogP contribution >= 0.6 is 0 Å². The van der Waals surface area contributed by atoms with E-state index < -0.39 is 21.3 Å². The Balaban J connectivity index is 2.76. The molecule has 0 aromatic carbocycles. The molecular weight excluding hydrogens is 192 g/mol. The molecular formula is C8H12O4S. The van der Waals surface area contributed by atoms with Crippen LogP contribution in [-0.4, -0.2) is 31.5 Å². The largest absolute Gasteiger partial charge is 0.299 e. The third-order valence-corrected chi connectivity index (χ3v) is 3.45. The van der Waals surface area contributed by atoms with E-state index in [0.29, 0.717) is 12.8 Å². The zero-order valence-electron chi connectivity index (χ0n) is 7.28. The van der Waals surface area contributed by atoms with Gasteiger partial charge in [-0.25, -0.2) is 8.42 Å². The maximum atomic E-state index is 11.2. The molecule has 13 heavy (non-hydrogen) atoms. The van der Waals surface area contributed by atoms with Crippen molar-refractivity contribution in [2.75, 3.05) is 11.5 Å². The molecule has 0 bridgehead atoms. The lowest BCUT2D eigenvalue weighted by Crippen LogP contribution is -2.22. The summed E-state index contributed by atoms with van der Waals surface area (Å²) in [5.41, 5.74) is 0. The van der Waals surface area contributed by atoms with Crippen molar-refractivity contribution in [3.8, 4) is 0 Å². The maximum absolute atomic E-state index is 11.2. The van der Waals surface area contributed by atoms with Crippen molar-refractivity contribution >= 4 is 21.4 Å². The van der Waals surface area contributed by atoms with Crippen molar-refractivity contribution < 1.29 is 18.0 Å². The first kappa shape index (κ1) is 10.4. The topological polar surface area (TPSA) is 68.3 Å². The molecule has 4 nitrogen and oxygen atoms in total. The number of rotatable bonds is 0. The van der Waals surface area contributed by atoms with E-state index in [1.165, 1.54) is 0 Å². The Morgan fingerprint density at radius 3 is 1.62 bits per heavy atom. The van der Waals surface area contributed by atoms with Gasteiger partial charge in [0.1, 0.15) is 23.1 Å². The van der Waals surface area contributed by atoms with Crippen molar-refractivity contribution in [2.24, 2.45) is 0 Å². The molecule has 1 saturated heterocycles. The Hall–Kier alpha value is -0.710. The van der Waals surface area contributed by atoms with Crippen LogP contribution in [0.4, 0.5) is 0 Å². The fourth-order valence-corrected chi connectivity index (χ4v) is 2.70. The predicted molar refractivity (Wildman–Crippen MR) is 47.1 cm³/mol. The van der Waals surface area contributed by atoms with Gasteiger partial charge in [0.15, 0.2) is 9.84 Å². The third-order valence-electron chi connectivity index (χ3n) is 1.92. The molecule has 0 amide bonds. The molecule has 1 aliphatic rings. The highest BCUT2D eigenvalue weighted by Gasteiger charge is 2.21. The quantitative estimate of drug-likeness (QED) is 0.561. The Bertz CT molecular complexity index is 289. The van der Waals surface area contributed by atoms with Crippen LogP contribution in [0.5, 0.6) is 0 Å².